The summed E-state index contributed by atoms with van der Waals surface area (Å²) in [4.78, 5) is 12.2. The van der Waals surface area contributed by atoms with Gasteiger partial charge in [-0.05, 0) is 36.4 Å². The molecule has 0 unspecified atom stereocenters. The van der Waals surface area contributed by atoms with E-state index in [0.29, 0.717) is 5.39 Å². The molecule has 0 aliphatic rings. The Bertz CT molecular complexity index is 870. The van der Waals surface area contributed by atoms with Crippen LogP contribution in [-0.2, 0) is 19.3 Å². The molecule has 3 nitrogen and oxygen atoms in total. The van der Waals surface area contributed by atoms with Gasteiger partial charge in [0.25, 0.3) is 0 Å². The Kier molecular flexibility index (Phi) is 5.32. The lowest BCUT2D eigenvalue weighted by molar-refractivity contribution is 0.454. The first kappa shape index (κ1) is 16.3. The van der Waals surface area contributed by atoms with E-state index in [1.165, 1.54) is 0 Å². The largest absolute Gasteiger partial charge is 0.469 e. The number of rotatable bonds is 7. The fourth-order valence-corrected chi connectivity index (χ4v) is 2.90. The Morgan fingerprint density at radius 2 is 1.79 bits per heavy atom. The number of benzene rings is 1. The molecule has 3 rings (SSSR count). The SMILES string of the molecule is CCCCc1oc(=O)c2ccccc2c1C/C=C/Cc1ccco1. The number of fused-ring (bicyclic) bond motifs is 1. The average molecular weight is 322 g/mol. The van der Waals surface area contributed by atoms with Crippen LogP contribution in [0.25, 0.3) is 10.8 Å². The molecule has 0 spiro atoms. The topological polar surface area (TPSA) is 43.4 Å². The molecular formula is C21H22O3. The number of unbranched alkanes of at least 4 members (excludes halogenated alkanes) is 1. The summed E-state index contributed by atoms with van der Waals surface area (Å²) < 4.78 is 11.0. The molecule has 24 heavy (non-hydrogen) atoms. The van der Waals surface area contributed by atoms with E-state index in [1.807, 2.05) is 36.4 Å². The third-order valence-corrected chi connectivity index (χ3v) is 4.17. The Balaban J connectivity index is 1.89. The molecule has 0 radical (unpaired) electrons. The van der Waals surface area contributed by atoms with Crippen LogP contribution >= 0.6 is 0 Å². The molecule has 0 aliphatic heterocycles. The highest BCUT2D eigenvalue weighted by Crippen LogP contribution is 2.22. The van der Waals surface area contributed by atoms with Crippen LogP contribution in [-0.4, -0.2) is 0 Å². The maximum absolute atomic E-state index is 12.2. The van der Waals surface area contributed by atoms with Gasteiger partial charge in [-0.3, -0.25) is 0 Å². The summed E-state index contributed by atoms with van der Waals surface area (Å²) in [7, 11) is 0. The van der Waals surface area contributed by atoms with Gasteiger partial charge in [-0.2, -0.15) is 0 Å². The van der Waals surface area contributed by atoms with Gasteiger partial charge in [-0.15, -0.1) is 0 Å². The maximum Gasteiger partial charge on any atom is 0.343 e. The summed E-state index contributed by atoms with van der Waals surface area (Å²) in [6.07, 6.45) is 10.3. The van der Waals surface area contributed by atoms with Crippen molar-refractivity contribution in [2.75, 3.05) is 0 Å². The lowest BCUT2D eigenvalue weighted by Crippen LogP contribution is -2.07. The molecule has 0 atom stereocenters. The molecule has 0 amide bonds. The maximum atomic E-state index is 12.2. The standard InChI is InChI=1S/C21H22O3/c1-2-3-14-20-18(12-5-4-9-16-10-8-15-23-16)17-11-6-7-13-19(17)21(22)24-20/h4-8,10-11,13,15H,2-3,9,12,14H2,1H3/b5-4+. The normalized spacial score (nSPS) is 11.5. The molecular weight excluding hydrogens is 300 g/mol. The third kappa shape index (κ3) is 3.67. The lowest BCUT2D eigenvalue weighted by atomic mass is 10.00. The minimum Gasteiger partial charge on any atom is -0.469 e. The van der Waals surface area contributed by atoms with Crippen LogP contribution in [0, 0.1) is 0 Å². The predicted octanol–water partition coefficient (Wildman–Crippen LogP) is 5.07. The van der Waals surface area contributed by atoms with E-state index >= 15 is 0 Å². The Labute approximate surface area is 141 Å². The van der Waals surface area contributed by atoms with Crippen LogP contribution in [0.1, 0.15) is 36.8 Å². The van der Waals surface area contributed by atoms with Gasteiger partial charge < -0.3 is 8.83 Å². The average Bonchev–Trinajstić information content (AvgIpc) is 3.12. The van der Waals surface area contributed by atoms with Gasteiger partial charge in [-0.25, -0.2) is 4.79 Å². The van der Waals surface area contributed by atoms with E-state index in [2.05, 4.69) is 19.1 Å². The van der Waals surface area contributed by atoms with Crippen molar-refractivity contribution in [1.29, 1.82) is 0 Å². The second kappa shape index (κ2) is 7.82. The van der Waals surface area contributed by atoms with Gasteiger partial charge in [0.15, 0.2) is 0 Å². The van der Waals surface area contributed by atoms with Crippen molar-refractivity contribution < 1.29 is 8.83 Å². The quantitative estimate of drug-likeness (QED) is 0.570. The fraction of sp³-hybridized carbons (Fsp3) is 0.286. The van der Waals surface area contributed by atoms with Crippen molar-refractivity contribution in [3.63, 3.8) is 0 Å². The molecule has 0 fully saturated rings. The van der Waals surface area contributed by atoms with E-state index in [1.54, 1.807) is 6.26 Å². The number of hydrogen-bond donors (Lipinski definition) is 0. The zero-order chi connectivity index (χ0) is 16.8. The first-order valence-electron chi connectivity index (χ1n) is 8.50. The van der Waals surface area contributed by atoms with Crippen LogP contribution in [0.2, 0.25) is 0 Å². The lowest BCUT2D eigenvalue weighted by Gasteiger charge is -2.09. The molecule has 0 saturated heterocycles. The second-order valence-electron chi connectivity index (χ2n) is 5.90. The van der Waals surface area contributed by atoms with Crippen LogP contribution in [0.4, 0.5) is 0 Å². The highest BCUT2D eigenvalue weighted by Gasteiger charge is 2.12. The van der Waals surface area contributed by atoms with Crippen LogP contribution in [0.5, 0.6) is 0 Å². The first-order chi connectivity index (χ1) is 11.8. The van der Waals surface area contributed by atoms with E-state index in [4.69, 9.17) is 8.83 Å². The Morgan fingerprint density at radius 1 is 1.00 bits per heavy atom. The smallest absolute Gasteiger partial charge is 0.343 e. The molecule has 0 bridgehead atoms. The van der Waals surface area contributed by atoms with Crippen LogP contribution < -0.4 is 5.63 Å². The van der Waals surface area contributed by atoms with Gasteiger partial charge in [-0.1, -0.05) is 43.7 Å². The van der Waals surface area contributed by atoms with Gasteiger partial charge >= 0.3 is 5.63 Å². The van der Waals surface area contributed by atoms with Crippen molar-refractivity contribution in [3.8, 4) is 0 Å². The van der Waals surface area contributed by atoms with Crippen LogP contribution in [0.15, 0.2) is 68.4 Å². The molecule has 2 aromatic heterocycles. The van der Waals surface area contributed by atoms with Crippen molar-refractivity contribution >= 4 is 10.8 Å². The second-order valence-corrected chi connectivity index (χ2v) is 5.90. The van der Waals surface area contributed by atoms with Crippen molar-refractivity contribution in [3.05, 3.63) is 82.3 Å². The Morgan fingerprint density at radius 3 is 2.54 bits per heavy atom. The van der Waals surface area contributed by atoms with Crippen LogP contribution in [0.3, 0.4) is 0 Å². The van der Waals surface area contributed by atoms with Crippen molar-refractivity contribution in [1.82, 2.24) is 0 Å². The number of hydrogen-bond acceptors (Lipinski definition) is 3. The summed E-state index contributed by atoms with van der Waals surface area (Å²) in [5.41, 5.74) is 0.884. The third-order valence-electron chi connectivity index (χ3n) is 4.17. The fourth-order valence-electron chi connectivity index (χ4n) is 2.90. The summed E-state index contributed by atoms with van der Waals surface area (Å²) in [6, 6.07) is 11.6. The molecule has 124 valence electrons. The molecule has 1 aromatic carbocycles. The summed E-state index contributed by atoms with van der Waals surface area (Å²) in [6.45, 7) is 2.14. The van der Waals surface area contributed by atoms with Gasteiger partial charge in [0.1, 0.15) is 11.5 Å². The van der Waals surface area contributed by atoms with Crippen molar-refractivity contribution in [2.24, 2.45) is 0 Å². The highest BCUT2D eigenvalue weighted by atomic mass is 16.4. The molecule has 0 aliphatic carbocycles. The summed E-state index contributed by atoms with van der Waals surface area (Å²) >= 11 is 0. The van der Waals surface area contributed by atoms with Gasteiger partial charge in [0.05, 0.1) is 11.6 Å². The van der Waals surface area contributed by atoms with Crippen molar-refractivity contribution in [2.45, 2.75) is 39.0 Å². The molecule has 0 N–H and O–H groups in total. The number of aryl methyl sites for hydroxylation is 1. The highest BCUT2D eigenvalue weighted by molar-refractivity contribution is 5.85. The van der Waals surface area contributed by atoms with Gasteiger partial charge in [0.2, 0.25) is 0 Å². The summed E-state index contributed by atoms with van der Waals surface area (Å²) in [5, 5.41) is 1.66. The summed E-state index contributed by atoms with van der Waals surface area (Å²) in [5.74, 6) is 1.77. The van der Waals surface area contributed by atoms with Gasteiger partial charge in [0, 0.05) is 18.4 Å². The van der Waals surface area contributed by atoms with E-state index in [0.717, 1.165) is 54.6 Å². The number of furan rings is 1. The minimum absolute atomic E-state index is 0.236. The predicted molar refractivity (Wildman–Crippen MR) is 96.4 cm³/mol. The molecule has 2 heterocycles. The monoisotopic (exact) mass is 322 g/mol. The molecule has 3 heteroatoms. The first-order valence-corrected chi connectivity index (χ1v) is 8.50. The van der Waals surface area contributed by atoms with E-state index in [-0.39, 0.29) is 5.63 Å². The zero-order valence-corrected chi connectivity index (χ0v) is 14.0. The zero-order valence-electron chi connectivity index (χ0n) is 14.0. The molecule has 0 saturated carbocycles. The number of allylic oxidation sites excluding steroid dienone is 2. The Hall–Kier alpha value is -2.55. The minimum atomic E-state index is -0.236. The van der Waals surface area contributed by atoms with E-state index < -0.39 is 0 Å². The molecule has 3 aromatic rings. The van der Waals surface area contributed by atoms with E-state index in [9.17, 15) is 4.79 Å².